The number of halogens is 1. The Morgan fingerprint density at radius 1 is 1.33 bits per heavy atom. The third-order valence-electron chi connectivity index (χ3n) is 4.25. The van der Waals surface area contributed by atoms with E-state index in [2.05, 4.69) is 10.0 Å². The molecule has 1 amide bonds. The van der Waals surface area contributed by atoms with Crippen LogP contribution in [0.2, 0.25) is 0 Å². The van der Waals surface area contributed by atoms with Gasteiger partial charge in [0, 0.05) is 11.6 Å². The van der Waals surface area contributed by atoms with Crippen LogP contribution in [0, 0.1) is 12.7 Å². The van der Waals surface area contributed by atoms with Gasteiger partial charge in [0.1, 0.15) is 27.8 Å². The normalized spacial score (nSPS) is 16.7. The number of hydrogen-bond donors (Lipinski definition) is 3. The molecule has 0 bridgehead atoms. The van der Waals surface area contributed by atoms with E-state index >= 15 is 0 Å². The lowest BCUT2D eigenvalue weighted by Crippen LogP contribution is -2.38. The Balaban J connectivity index is 1.74. The van der Waals surface area contributed by atoms with E-state index in [9.17, 15) is 22.7 Å². The summed E-state index contributed by atoms with van der Waals surface area (Å²) in [7, 11) is -4.04. The fourth-order valence-electron chi connectivity index (χ4n) is 2.50. The van der Waals surface area contributed by atoms with Gasteiger partial charge < -0.3 is 14.8 Å². The van der Waals surface area contributed by atoms with E-state index in [-0.39, 0.29) is 23.9 Å². The van der Waals surface area contributed by atoms with Gasteiger partial charge in [0.25, 0.3) is 5.91 Å². The first kappa shape index (κ1) is 19.5. The van der Waals surface area contributed by atoms with E-state index in [4.69, 9.17) is 4.42 Å². The summed E-state index contributed by atoms with van der Waals surface area (Å²) in [5, 5.41) is 13.0. The van der Waals surface area contributed by atoms with Crippen molar-refractivity contribution in [2.75, 3.05) is 6.54 Å². The first-order chi connectivity index (χ1) is 12.6. The van der Waals surface area contributed by atoms with Gasteiger partial charge in [-0.2, -0.15) is 0 Å². The number of rotatable bonds is 7. The Hall–Kier alpha value is -2.23. The van der Waals surface area contributed by atoms with E-state index in [1.165, 1.54) is 13.0 Å². The van der Waals surface area contributed by atoms with Crippen LogP contribution in [0.1, 0.15) is 41.6 Å². The van der Waals surface area contributed by atoms with E-state index in [1.807, 2.05) is 0 Å². The molecule has 1 atom stereocenters. The highest BCUT2D eigenvalue weighted by Gasteiger charge is 2.31. The predicted molar refractivity (Wildman–Crippen MR) is 95.1 cm³/mol. The summed E-state index contributed by atoms with van der Waals surface area (Å²) in [5.74, 6) is -0.663. The average Bonchev–Trinajstić information content (AvgIpc) is 3.28. The number of aliphatic hydroxyl groups is 1. The summed E-state index contributed by atoms with van der Waals surface area (Å²) >= 11 is 0. The standard InChI is InChI=1S/C18H21FN2O5S/c1-11-3-8-16(26-11)18(2,23)10-20-17(22)12-4-7-14(19)15(9-12)27(24,25)21-13-5-6-13/h3-4,7-9,13,21,23H,5-6,10H2,1-2H3,(H,20,22)/t18-/m1/s1. The van der Waals surface area contributed by atoms with Crippen LogP contribution in [0.25, 0.3) is 0 Å². The number of nitrogens with one attached hydrogen (secondary N) is 2. The number of sulfonamides is 1. The smallest absolute Gasteiger partial charge is 0.251 e. The quantitative estimate of drug-likeness (QED) is 0.661. The van der Waals surface area contributed by atoms with E-state index in [0.29, 0.717) is 18.6 Å². The maximum Gasteiger partial charge on any atom is 0.251 e. The van der Waals surface area contributed by atoms with Crippen molar-refractivity contribution in [2.45, 2.75) is 43.2 Å². The highest BCUT2D eigenvalue weighted by molar-refractivity contribution is 7.89. The van der Waals surface area contributed by atoms with Crippen LogP contribution in [-0.4, -0.2) is 32.0 Å². The first-order valence-corrected chi connectivity index (χ1v) is 9.96. The van der Waals surface area contributed by atoms with E-state index in [1.54, 1.807) is 19.1 Å². The molecule has 1 fully saturated rings. The van der Waals surface area contributed by atoms with Crippen LogP contribution in [-0.2, 0) is 15.6 Å². The minimum atomic E-state index is -4.04. The van der Waals surface area contributed by atoms with Crippen LogP contribution in [0.5, 0.6) is 0 Å². The molecule has 0 saturated heterocycles. The lowest BCUT2D eigenvalue weighted by molar-refractivity contribution is 0.0323. The van der Waals surface area contributed by atoms with Gasteiger partial charge in [0.15, 0.2) is 0 Å². The summed E-state index contributed by atoms with van der Waals surface area (Å²) in [6.45, 7) is 3.04. The van der Waals surface area contributed by atoms with Crippen LogP contribution >= 0.6 is 0 Å². The molecule has 1 aromatic heterocycles. The van der Waals surface area contributed by atoms with Crippen LogP contribution < -0.4 is 10.0 Å². The number of carbonyl (C=O) groups excluding carboxylic acids is 1. The Bertz CT molecular complexity index is 964. The van der Waals surface area contributed by atoms with E-state index in [0.717, 1.165) is 12.1 Å². The molecule has 27 heavy (non-hydrogen) atoms. The maximum atomic E-state index is 14.0. The number of hydrogen-bond acceptors (Lipinski definition) is 5. The van der Waals surface area contributed by atoms with Gasteiger partial charge in [-0.1, -0.05) is 0 Å². The Morgan fingerprint density at radius 2 is 2.04 bits per heavy atom. The van der Waals surface area contributed by atoms with Crippen molar-refractivity contribution in [3.05, 3.63) is 53.2 Å². The molecule has 1 aliphatic rings. The van der Waals surface area contributed by atoms with Crippen LogP contribution in [0.15, 0.2) is 39.6 Å². The number of carbonyl (C=O) groups is 1. The van der Waals surface area contributed by atoms with Crippen molar-refractivity contribution in [1.29, 1.82) is 0 Å². The lowest BCUT2D eigenvalue weighted by atomic mass is 10.0. The molecule has 0 unspecified atom stereocenters. The maximum absolute atomic E-state index is 14.0. The van der Waals surface area contributed by atoms with Crippen LogP contribution in [0.4, 0.5) is 4.39 Å². The average molecular weight is 396 g/mol. The fourth-order valence-corrected chi connectivity index (χ4v) is 3.91. The number of aryl methyl sites for hydroxylation is 1. The molecule has 7 nitrogen and oxygen atoms in total. The monoisotopic (exact) mass is 396 g/mol. The molecule has 0 radical (unpaired) electrons. The molecule has 1 saturated carbocycles. The highest BCUT2D eigenvalue weighted by atomic mass is 32.2. The second kappa shape index (κ2) is 7.06. The summed E-state index contributed by atoms with van der Waals surface area (Å²) in [6.07, 6.45) is 1.42. The third-order valence-corrected chi connectivity index (χ3v) is 5.78. The van der Waals surface area contributed by atoms with Gasteiger partial charge in [-0.05, 0) is 57.0 Å². The molecule has 3 N–H and O–H groups in total. The van der Waals surface area contributed by atoms with Crippen molar-refractivity contribution in [3.8, 4) is 0 Å². The van der Waals surface area contributed by atoms with Crippen molar-refractivity contribution in [3.63, 3.8) is 0 Å². The lowest BCUT2D eigenvalue weighted by Gasteiger charge is -2.21. The van der Waals surface area contributed by atoms with E-state index < -0.39 is 32.2 Å². The Kier molecular flexibility index (Phi) is 5.11. The third kappa shape index (κ3) is 4.55. The zero-order chi connectivity index (χ0) is 19.8. The topological polar surface area (TPSA) is 109 Å². The highest BCUT2D eigenvalue weighted by Crippen LogP contribution is 2.25. The zero-order valence-corrected chi connectivity index (χ0v) is 15.8. The van der Waals surface area contributed by atoms with Crippen molar-refractivity contribution >= 4 is 15.9 Å². The minimum Gasteiger partial charge on any atom is -0.463 e. The van der Waals surface area contributed by atoms with Gasteiger partial charge >= 0.3 is 0 Å². The second-order valence-corrected chi connectivity index (χ2v) is 8.59. The van der Waals surface area contributed by atoms with Crippen LogP contribution in [0.3, 0.4) is 0 Å². The fraction of sp³-hybridized carbons (Fsp3) is 0.389. The van der Waals surface area contributed by atoms with Crippen molar-refractivity contribution in [1.82, 2.24) is 10.0 Å². The summed E-state index contributed by atoms with van der Waals surface area (Å²) in [5.41, 5.74) is -1.48. The summed E-state index contributed by atoms with van der Waals surface area (Å²) in [6, 6.07) is 6.22. The predicted octanol–water partition coefficient (Wildman–Crippen LogP) is 1.81. The zero-order valence-electron chi connectivity index (χ0n) is 15.0. The molecule has 0 spiro atoms. The molecule has 1 aromatic carbocycles. The number of amides is 1. The second-order valence-electron chi connectivity index (χ2n) is 6.91. The first-order valence-electron chi connectivity index (χ1n) is 8.48. The minimum absolute atomic E-state index is 0.0287. The van der Waals surface area contributed by atoms with Crippen molar-refractivity contribution in [2.24, 2.45) is 0 Å². The molecule has 9 heteroatoms. The molecule has 1 aliphatic carbocycles. The molecular formula is C18H21FN2O5S. The molecule has 3 rings (SSSR count). The SMILES string of the molecule is Cc1ccc([C@](C)(O)CNC(=O)c2ccc(F)c(S(=O)(=O)NC3CC3)c2)o1. The van der Waals surface area contributed by atoms with Gasteiger partial charge in [0.2, 0.25) is 10.0 Å². The molecule has 146 valence electrons. The number of benzene rings is 1. The van der Waals surface area contributed by atoms with Gasteiger partial charge in [-0.3, -0.25) is 4.79 Å². The summed E-state index contributed by atoms with van der Waals surface area (Å²) in [4.78, 5) is 11.8. The molecule has 1 heterocycles. The van der Waals surface area contributed by atoms with Gasteiger partial charge in [0.05, 0.1) is 6.54 Å². The number of furan rings is 1. The Labute approximate surface area is 156 Å². The van der Waals surface area contributed by atoms with Gasteiger partial charge in [-0.25, -0.2) is 17.5 Å². The van der Waals surface area contributed by atoms with Crippen molar-refractivity contribution < 1.29 is 27.1 Å². The molecular weight excluding hydrogens is 375 g/mol. The molecule has 2 aromatic rings. The largest absolute Gasteiger partial charge is 0.463 e. The Morgan fingerprint density at radius 3 is 2.63 bits per heavy atom. The summed E-state index contributed by atoms with van der Waals surface area (Å²) < 4.78 is 46.2. The molecule has 0 aliphatic heterocycles. The van der Waals surface area contributed by atoms with Gasteiger partial charge in [-0.15, -0.1) is 0 Å².